The van der Waals surface area contributed by atoms with E-state index in [-0.39, 0.29) is 0 Å². The van der Waals surface area contributed by atoms with Gasteiger partial charge in [-0.25, -0.2) is 0 Å². The van der Waals surface area contributed by atoms with Crippen LogP contribution < -0.4 is 4.74 Å². The van der Waals surface area contributed by atoms with Crippen molar-refractivity contribution >= 4 is 5.91 Å². The number of ether oxygens (including phenoxy) is 1. The molecule has 1 amide bonds. The molecule has 1 heterocycles. The minimum Gasteiger partial charge on any atom is -0.457 e. The zero-order chi connectivity index (χ0) is 28.5. The van der Waals surface area contributed by atoms with Gasteiger partial charge in [0.15, 0.2) is 0 Å². The summed E-state index contributed by atoms with van der Waals surface area (Å²) in [4.78, 5) is 18.3. The summed E-state index contributed by atoms with van der Waals surface area (Å²) in [6.07, 6.45) is 14.2. The average Bonchev–Trinajstić information content (AvgIpc) is 3.01. The first-order valence-corrected chi connectivity index (χ1v) is 16.1. The first-order valence-electron chi connectivity index (χ1n) is 16.1. The average molecular weight is 555 g/mol. The van der Waals surface area contributed by atoms with E-state index >= 15 is 0 Å². The molecule has 3 aromatic rings. The van der Waals surface area contributed by atoms with Gasteiger partial charge in [0.1, 0.15) is 11.5 Å². The van der Waals surface area contributed by atoms with Crippen molar-refractivity contribution in [2.75, 3.05) is 13.1 Å². The summed E-state index contributed by atoms with van der Waals surface area (Å²) >= 11 is 0. The lowest BCUT2D eigenvalue weighted by Gasteiger charge is -2.39. The van der Waals surface area contributed by atoms with Crippen LogP contribution in [-0.4, -0.2) is 34.8 Å². The van der Waals surface area contributed by atoms with Crippen LogP contribution in [0.2, 0.25) is 0 Å². The third kappa shape index (κ3) is 11.0. The summed E-state index contributed by atoms with van der Waals surface area (Å²) in [7, 11) is 0. The number of hydrogen-bond acceptors (Lipinski definition) is 3. The van der Waals surface area contributed by atoms with Crippen LogP contribution in [0.25, 0.3) is 0 Å². The van der Waals surface area contributed by atoms with Gasteiger partial charge in [-0.05, 0) is 54.7 Å². The Morgan fingerprint density at radius 1 is 0.707 bits per heavy atom. The number of hydrogen-bond donors (Lipinski definition) is 0. The molecule has 1 aliphatic rings. The van der Waals surface area contributed by atoms with E-state index in [0.29, 0.717) is 24.9 Å². The van der Waals surface area contributed by atoms with E-state index < -0.39 is 0 Å². The number of carbonyl (C=O) groups is 1. The van der Waals surface area contributed by atoms with E-state index in [1.165, 1.54) is 50.5 Å². The molecule has 1 saturated heterocycles. The monoisotopic (exact) mass is 554 g/mol. The summed E-state index contributed by atoms with van der Waals surface area (Å²) in [5, 5.41) is 0. The van der Waals surface area contributed by atoms with Crippen molar-refractivity contribution in [3.8, 4) is 11.5 Å². The summed E-state index contributed by atoms with van der Waals surface area (Å²) in [6, 6.07) is 29.2. The molecule has 1 fully saturated rings. The maximum absolute atomic E-state index is 13.6. The number of para-hydroxylation sites is 1. The molecule has 220 valence electrons. The Hall–Kier alpha value is -3.11. The second kappa shape index (κ2) is 17.6. The number of benzene rings is 3. The summed E-state index contributed by atoms with van der Waals surface area (Å²) < 4.78 is 5.99. The van der Waals surface area contributed by atoms with E-state index in [0.717, 1.165) is 62.4 Å². The molecule has 0 saturated carbocycles. The molecule has 0 aromatic heterocycles. The topological polar surface area (TPSA) is 32.8 Å². The Morgan fingerprint density at radius 2 is 1.27 bits per heavy atom. The highest BCUT2D eigenvalue weighted by Gasteiger charge is 2.28. The molecule has 4 rings (SSSR count). The zero-order valence-electron chi connectivity index (χ0n) is 25.2. The van der Waals surface area contributed by atoms with Gasteiger partial charge in [-0.15, -0.1) is 0 Å². The molecular formula is C37H50N2O2. The quantitative estimate of drug-likeness (QED) is 0.156. The molecule has 0 N–H and O–H groups in total. The van der Waals surface area contributed by atoms with Crippen molar-refractivity contribution in [2.45, 2.75) is 103 Å². The van der Waals surface area contributed by atoms with Gasteiger partial charge in [0.25, 0.3) is 0 Å². The highest BCUT2D eigenvalue weighted by molar-refractivity contribution is 5.76. The first-order chi connectivity index (χ1) is 20.2. The number of likely N-dealkylation sites (tertiary alicyclic amines) is 1. The summed E-state index contributed by atoms with van der Waals surface area (Å²) in [6.45, 7) is 5.99. The molecule has 1 aliphatic heterocycles. The molecule has 0 spiro atoms. The van der Waals surface area contributed by atoms with Gasteiger partial charge in [-0.3, -0.25) is 9.69 Å². The lowest BCUT2D eigenvalue weighted by molar-refractivity contribution is -0.135. The Labute approximate surface area is 248 Å². The Balaban J connectivity index is 1.30. The van der Waals surface area contributed by atoms with E-state index in [1.54, 1.807) is 0 Å². The Morgan fingerprint density at radius 3 is 1.90 bits per heavy atom. The normalized spacial score (nSPS) is 14.2. The second-order valence-electron chi connectivity index (χ2n) is 11.7. The maximum atomic E-state index is 13.6. The summed E-state index contributed by atoms with van der Waals surface area (Å²) in [5.41, 5.74) is 2.53. The van der Waals surface area contributed by atoms with Gasteiger partial charge in [0.05, 0.1) is 0 Å². The Bertz CT molecular complexity index is 1110. The van der Waals surface area contributed by atoms with Gasteiger partial charge in [-0.1, -0.05) is 119 Å². The predicted octanol–water partition coefficient (Wildman–Crippen LogP) is 9.39. The van der Waals surface area contributed by atoms with Crippen LogP contribution in [0.1, 0.15) is 95.1 Å². The fraction of sp³-hybridized carbons (Fsp3) is 0.486. The first kappa shape index (κ1) is 30.8. The van der Waals surface area contributed by atoms with Crippen molar-refractivity contribution in [3.63, 3.8) is 0 Å². The maximum Gasteiger partial charge on any atom is 0.223 e. The third-order valence-corrected chi connectivity index (χ3v) is 8.32. The lowest BCUT2D eigenvalue weighted by Crippen LogP contribution is -2.46. The van der Waals surface area contributed by atoms with Crippen molar-refractivity contribution in [1.29, 1.82) is 0 Å². The van der Waals surface area contributed by atoms with Crippen molar-refractivity contribution in [2.24, 2.45) is 0 Å². The fourth-order valence-corrected chi connectivity index (χ4v) is 5.87. The van der Waals surface area contributed by atoms with Gasteiger partial charge >= 0.3 is 0 Å². The molecule has 0 unspecified atom stereocenters. The van der Waals surface area contributed by atoms with E-state index in [2.05, 4.69) is 59.2 Å². The van der Waals surface area contributed by atoms with Crippen LogP contribution in [0.15, 0.2) is 84.9 Å². The zero-order valence-corrected chi connectivity index (χ0v) is 25.2. The van der Waals surface area contributed by atoms with Crippen LogP contribution in [0.4, 0.5) is 0 Å². The van der Waals surface area contributed by atoms with Crippen LogP contribution in [0.5, 0.6) is 11.5 Å². The number of rotatable bonds is 17. The van der Waals surface area contributed by atoms with Crippen LogP contribution in [0, 0.1) is 0 Å². The fourth-order valence-electron chi connectivity index (χ4n) is 5.87. The van der Waals surface area contributed by atoms with Gasteiger partial charge in [0.2, 0.25) is 5.91 Å². The Kier molecular flexibility index (Phi) is 13.3. The van der Waals surface area contributed by atoms with Gasteiger partial charge < -0.3 is 9.64 Å². The minimum absolute atomic E-state index is 0.299. The summed E-state index contributed by atoms with van der Waals surface area (Å²) in [5.74, 6) is 1.97. The largest absolute Gasteiger partial charge is 0.457 e. The molecule has 0 aliphatic carbocycles. The molecular weight excluding hydrogens is 504 g/mol. The number of piperidine rings is 1. The molecule has 0 radical (unpaired) electrons. The third-order valence-electron chi connectivity index (χ3n) is 8.32. The molecule has 4 nitrogen and oxygen atoms in total. The van der Waals surface area contributed by atoms with E-state index in [4.69, 9.17) is 4.74 Å². The highest BCUT2D eigenvalue weighted by atomic mass is 16.5. The lowest BCUT2D eigenvalue weighted by atomic mass is 10.00. The standard InChI is InChI=1S/C37H50N2O2/c1-2-3-4-5-6-7-8-9-16-21-37(40)39(34-26-28-38(29-27-34)30-32-17-12-10-13-18-32)31-33-22-24-36(25-23-33)41-35-19-14-11-15-20-35/h10-15,17-20,22-25,34H,2-9,16,21,26-31H2,1H3. The highest BCUT2D eigenvalue weighted by Crippen LogP contribution is 2.25. The second-order valence-corrected chi connectivity index (χ2v) is 11.7. The van der Waals surface area contributed by atoms with E-state index in [1.807, 2.05) is 42.5 Å². The van der Waals surface area contributed by atoms with Crippen molar-refractivity contribution < 1.29 is 9.53 Å². The number of carbonyl (C=O) groups excluding carboxylic acids is 1. The van der Waals surface area contributed by atoms with Crippen LogP contribution in [-0.2, 0) is 17.9 Å². The SMILES string of the molecule is CCCCCCCCCCCC(=O)N(Cc1ccc(Oc2ccccc2)cc1)C1CCN(Cc2ccccc2)CC1. The van der Waals surface area contributed by atoms with Gasteiger partial charge in [0, 0.05) is 38.6 Å². The molecule has 0 bridgehead atoms. The van der Waals surface area contributed by atoms with Crippen molar-refractivity contribution in [1.82, 2.24) is 9.80 Å². The molecule has 3 aromatic carbocycles. The van der Waals surface area contributed by atoms with Gasteiger partial charge in [-0.2, -0.15) is 0 Å². The molecule has 4 heteroatoms. The predicted molar refractivity (Wildman–Crippen MR) is 170 cm³/mol. The molecule has 41 heavy (non-hydrogen) atoms. The minimum atomic E-state index is 0.299. The smallest absolute Gasteiger partial charge is 0.223 e. The van der Waals surface area contributed by atoms with Crippen LogP contribution >= 0.6 is 0 Å². The van der Waals surface area contributed by atoms with Crippen LogP contribution in [0.3, 0.4) is 0 Å². The molecule has 0 atom stereocenters. The van der Waals surface area contributed by atoms with E-state index in [9.17, 15) is 4.79 Å². The van der Waals surface area contributed by atoms with Crippen molar-refractivity contribution in [3.05, 3.63) is 96.1 Å². The number of amides is 1. The number of unbranched alkanes of at least 4 members (excludes halogenated alkanes) is 8. The number of nitrogens with zero attached hydrogens (tertiary/aromatic N) is 2.